The average Bonchev–Trinajstić information content (AvgIpc) is 2.87. The minimum Gasteiger partial charge on any atom is -0.496 e. The van der Waals surface area contributed by atoms with Gasteiger partial charge in [-0.1, -0.05) is 0 Å². The Hall–Kier alpha value is -1.07. The first-order chi connectivity index (χ1) is 9.02. The standard InChI is InChI=1S/C14H18BrNO3/c1-9(17)11-5-6-16(8-11)14(18)10-3-4-13(19-2)12(15)7-10/h3-4,7,9,11,17H,5-6,8H2,1-2H3. The van der Waals surface area contributed by atoms with Crippen LogP contribution in [0, 0.1) is 5.92 Å². The molecule has 4 nitrogen and oxygen atoms in total. The van der Waals surface area contributed by atoms with Gasteiger partial charge in [0.2, 0.25) is 0 Å². The van der Waals surface area contributed by atoms with Gasteiger partial charge in [-0.25, -0.2) is 0 Å². The molecule has 1 fully saturated rings. The molecule has 2 unspecified atom stereocenters. The number of halogens is 1. The van der Waals surface area contributed by atoms with Crippen LogP contribution in [0.4, 0.5) is 0 Å². The number of likely N-dealkylation sites (tertiary alicyclic amines) is 1. The van der Waals surface area contributed by atoms with Crippen molar-refractivity contribution in [1.29, 1.82) is 0 Å². The normalized spacial score (nSPS) is 20.4. The van der Waals surface area contributed by atoms with Gasteiger partial charge in [0.25, 0.3) is 5.91 Å². The van der Waals surface area contributed by atoms with Crippen LogP contribution in [0.25, 0.3) is 0 Å². The van der Waals surface area contributed by atoms with Crippen molar-refractivity contribution in [2.24, 2.45) is 5.92 Å². The van der Waals surface area contributed by atoms with Crippen molar-refractivity contribution in [3.63, 3.8) is 0 Å². The molecule has 0 aromatic heterocycles. The van der Waals surface area contributed by atoms with Crippen LogP contribution < -0.4 is 4.74 Å². The number of carbonyl (C=O) groups excluding carboxylic acids is 1. The predicted octanol–water partition coefficient (Wildman–Crippen LogP) is 2.30. The molecule has 1 saturated heterocycles. The van der Waals surface area contributed by atoms with Gasteiger partial charge in [-0.15, -0.1) is 0 Å². The molecule has 0 bridgehead atoms. The van der Waals surface area contributed by atoms with Crippen molar-refractivity contribution in [2.45, 2.75) is 19.4 Å². The lowest BCUT2D eigenvalue weighted by atomic mass is 10.0. The topological polar surface area (TPSA) is 49.8 Å². The highest BCUT2D eigenvalue weighted by molar-refractivity contribution is 9.10. The van der Waals surface area contributed by atoms with E-state index in [1.165, 1.54) is 0 Å². The van der Waals surface area contributed by atoms with Crippen molar-refractivity contribution in [2.75, 3.05) is 20.2 Å². The van der Waals surface area contributed by atoms with Crippen LogP contribution in [0.1, 0.15) is 23.7 Å². The molecule has 0 aliphatic carbocycles. The average molecular weight is 328 g/mol. The number of aliphatic hydroxyl groups excluding tert-OH is 1. The van der Waals surface area contributed by atoms with Crippen LogP contribution in [0.2, 0.25) is 0 Å². The molecular formula is C14H18BrNO3. The molecule has 2 rings (SSSR count). The first kappa shape index (κ1) is 14.3. The fourth-order valence-electron chi connectivity index (χ4n) is 2.35. The molecule has 19 heavy (non-hydrogen) atoms. The molecule has 1 heterocycles. The fraction of sp³-hybridized carbons (Fsp3) is 0.500. The summed E-state index contributed by atoms with van der Waals surface area (Å²) in [5.41, 5.74) is 0.638. The van der Waals surface area contributed by atoms with Gasteiger partial charge in [-0.2, -0.15) is 0 Å². The minimum atomic E-state index is -0.361. The van der Waals surface area contributed by atoms with Gasteiger partial charge >= 0.3 is 0 Å². The van der Waals surface area contributed by atoms with E-state index in [1.54, 1.807) is 37.1 Å². The third-order valence-corrected chi connectivity index (χ3v) is 4.21. The Labute approximate surface area is 121 Å². The molecule has 1 amide bonds. The second-order valence-corrected chi connectivity index (χ2v) is 5.74. The molecule has 1 aliphatic rings. The number of benzene rings is 1. The summed E-state index contributed by atoms with van der Waals surface area (Å²) in [5.74, 6) is 0.900. The minimum absolute atomic E-state index is 0.00602. The molecule has 5 heteroatoms. The summed E-state index contributed by atoms with van der Waals surface area (Å²) in [4.78, 5) is 14.1. The maximum atomic E-state index is 12.3. The van der Waals surface area contributed by atoms with Crippen molar-refractivity contribution >= 4 is 21.8 Å². The highest BCUT2D eigenvalue weighted by atomic mass is 79.9. The fourth-order valence-corrected chi connectivity index (χ4v) is 2.89. The Kier molecular flexibility index (Phi) is 4.47. The Balaban J connectivity index is 2.10. The molecule has 1 aromatic rings. The summed E-state index contributed by atoms with van der Waals surface area (Å²) in [6.45, 7) is 3.11. The lowest BCUT2D eigenvalue weighted by Gasteiger charge is -2.18. The summed E-state index contributed by atoms with van der Waals surface area (Å²) in [6, 6.07) is 5.32. The summed E-state index contributed by atoms with van der Waals surface area (Å²) in [7, 11) is 1.59. The number of carbonyl (C=O) groups is 1. The smallest absolute Gasteiger partial charge is 0.253 e. The Morgan fingerprint density at radius 2 is 2.32 bits per heavy atom. The zero-order chi connectivity index (χ0) is 14.0. The molecule has 1 aliphatic heterocycles. The SMILES string of the molecule is COc1ccc(C(=O)N2CCC(C(C)O)C2)cc1Br. The van der Waals surface area contributed by atoms with Gasteiger partial charge in [-0.3, -0.25) is 4.79 Å². The van der Waals surface area contributed by atoms with E-state index >= 15 is 0 Å². The first-order valence-corrected chi connectivity index (χ1v) is 7.13. The molecule has 0 saturated carbocycles. The number of ether oxygens (including phenoxy) is 1. The zero-order valence-electron chi connectivity index (χ0n) is 11.1. The van der Waals surface area contributed by atoms with Crippen LogP contribution >= 0.6 is 15.9 Å². The quantitative estimate of drug-likeness (QED) is 0.926. The second-order valence-electron chi connectivity index (χ2n) is 4.89. The summed E-state index contributed by atoms with van der Waals surface area (Å²) in [6.07, 6.45) is 0.501. The van der Waals surface area contributed by atoms with E-state index in [9.17, 15) is 9.90 Å². The van der Waals surface area contributed by atoms with Gasteiger partial charge in [0.05, 0.1) is 17.7 Å². The van der Waals surface area contributed by atoms with Gasteiger partial charge in [0.15, 0.2) is 0 Å². The van der Waals surface area contributed by atoms with Gasteiger partial charge in [0.1, 0.15) is 5.75 Å². The van der Waals surface area contributed by atoms with Gasteiger partial charge in [0, 0.05) is 24.6 Å². The van der Waals surface area contributed by atoms with Crippen LogP contribution in [-0.2, 0) is 0 Å². The van der Waals surface area contributed by atoms with Crippen LogP contribution in [0.15, 0.2) is 22.7 Å². The van der Waals surface area contributed by atoms with Crippen LogP contribution in [-0.4, -0.2) is 42.2 Å². The number of hydrogen-bond acceptors (Lipinski definition) is 3. The van der Waals surface area contributed by atoms with Crippen LogP contribution in [0.5, 0.6) is 5.75 Å². The number of aliphatic hydroxyl groups is 1. The monoisotopic (exact) mass is 327 g/mol. The highest BCUT2D eigenvalue weighted by Gasteiger charge is 2.29. The molecule has 104 valence electrons. The molecule has 1 aromatic carbocycles. The Morgan fingerprint density at radius 1 is 1.58 bits per heavy atom. The number of amides is 1. The molecular weight excluding hydrogens is 310 g/mol. The molecule has 1 N–H and O–H groups in total. The van der Waals surface area contributed by atoms with E-state index in [1.807, 2.05) is 0 Å². The van der Waals surface area contributed by atoms with Crippen molar-refractivity contribution in [1.82, 2.24) is 4.90 Å². The third-order valence-electron chi connectivity index (χ3n) is 3.59. The Morgan fingerprint density at radius 3 is 2.84 bits per heavy atom. The summed E-state index contributed by atoms with van der Waals surface area (Å²) < 4.78 is 5.92. The molecule has 2 atom stereocenters. The Bertz CT molecular complexity index is 476. The largest absolute Gasteiger partial charge is 0.496 e. The number of nitrogens with zero attached hydrogens (tertiary/aromatic N) is 1. The third kappa shape index (κ3) is 3.09. The summed E-state index contributed by atoms with van der Waals surface area (Å²) >= 11 is 3.38. The predicted molar refractivity (Wildman–Crippen MR) is 76.4 cm³/mol. The van der Waals surface area contributed by atoms with Crippen molar-refractivity contribution < 1.29 is 14.6 Å². The maximum absolute atomic E-state index is 12.3. The van der Waals surface area contributed by atoms with E-state index in [-0.39, 0.29) is 17.9 Å². The lowest BCUT2D eigenvalue weighted by molar-refractivity contribution is 0.0762. The van der Waals surface area contributed by atoms with Crippen molar-refractivity contribution in [3.8, 4) is 5.75 Å². The highest BCUT2D eigenvalue weighted by Crippen LogP contribution is 2.27. The second kappa shape index (κ2) is 5.92. The zero-order valence-corrected chi connectivity index (χ0v) is 12.7. The van der Waals surface area contributed by atoms with Crippen LogP contribution in [0.3, 0.4) is 0 Å². The number of methoxy groups -OCH3 is 1. The lowest BCUT2D eigenvalue weighted by Crippen LogP contribution is -2.30. The number of rotatable bonds is 3. The van der Waals surface area contributed by atoms with E-state index in [0.29, 0.717) is 24.4 Å². The maximum Gasteiger partial charge on any atom is 0.253 e. The van der Waals surface area contributed by atoms with Gasteiger partial charge < -0.3 is 14.7 Å². The van der Waals surface area contributed by atoms with Gasteiger partial charge in [-0.05, 0) is 47.5 Å². The number of hydrogen-bond donors (Lipinski definition) is 1. The van der Waals surface area contributed by atoms with E-state index < -0.39 is 0 Å². The molecule has 0 spiro atoms. The van der Waals surface area contributed by atoms with Crippen molar-refractivity contribution in [3.05, 3.63) is 28.2 Å². The first-order valence-electron chi connectivity index (χ1n) is 6.33. The van der Waals surface area contributed by atoms with E-state index in [2.05, 4.69) is 15.9 Å². The molecule has 0 radical (unpaired) electrons. The summed E-state index contributed by atoms with van der Waals surface area (Å²) in [5, 5.41) is 9.57. The van der Waals surface area contributed by atoms with E-state index in [0.717, 1.165) is 10.9 Å². The van der Waals surface area contributed by atoms with E-state index in [4.69, 9.17) is 4.74 Å².